The zero-order valence-electron chi connectivity index (χ0n) is 16.2. The Labute approximate surface area is 129 Å². The molecule has 0 heterocycles. The molecular weight excluding hydrogens is 261 g/mol. The number of hydrogen-bond donors (Lipinski definition) is 0. The highest BCUT2D eigenvalue weighted by molar-refractivity contribution is 7.91. The average Bonchev–Trinajstić information content (AvgIpc) is 2.11. The second-order valence-corrected chi connectivity index (χ2v) is 14.5. The minimum Gasteiger partial charge on any atom is -0.203 e. The summed E-state index contributed by atoms with van der Waals surface area (Å²) in [5.41, 5.74) is 0.711. The van der Waals surface area contributed by atoms with Gasteiger partial charge in [0.2, 0.25) is 0 Å². The lowest BCUT2D eigenvalue weighted by Gasteiger charge is -2.45. The van der Waals surface area contributed by atoms with Crippen molar-refractivity contribution in [1.82, 2.24) is 0 Å². The number of nitrogens with zero attached hydrogens (tertiary/aromatic N) is 1. The van der Waals surface area contributed by atoms with Crippen LogP contribution in [0.15, 0.2) is 0 Å². The summed E-state index contributed by atoms with van der Waals surface area (Å²) in [7, 11) is -1.30. The molecule has 0 aromatic heterocycles. The van der Waals surface area contributed by atoms with Crippen molar-refractivity contribution in [2.75, 3.05) is 0 Å². The molecule has 0 saturated heterocycles. The normalized spacial score (nSPS) is 14.3. The van der Waals surface area contributed by atoms with Crippen molar-refractivity contribution in [2.45, 2.75) is 111 Å². The molecule has 0 saturated carbocycles. The van der Waals surface area contributed by atoms with Gasteiger partial charge in [-0.3, -0.25) is 0 Å². The predicted octanol–water partition coefficient (Wildman–Crippen LogP) is 5.87. The Bertz CT molecular complexity index is 313. The molecule has 0 bridgehead atoms. The van der Waals surface area contributed by atoms with Crippen molar-refractivity contribution in [3.05, 3.63) is 0 Å². The highest BCUT2D eigenvalue weighted by Crippen LogP contribution is 2.77. The van der Waals surface area contributed by atoms with Gasteiger partial charge in [0.1, 0.15) is 7.26 Å². The molecule has 120 valence electrons. The third-order valence-corrected chi connectivity index (χ3v) is 11.2. The van der Waals surface area contributed by atoms with Crippen molar-refractivity contribution in [1.29, 1.82) is 0 Å². The van der Waals surface area contributed by atoms with E-state index < -0.39 is 7.26 Å². The molecule has 0 aromatic rings. The molecule has 0 aromatic carbocycles. The molecular formula is C18H40NP+2. The van der Waals surface area contributed by atoms with E-state index in [4.69, 9.17) is 0 Å². The fourth-order valence-corrected chi connectivity index (χ4v) is 11.1. The van der Waals surface area contributed by atoms with Gasteiger partial charge in [-0.15, -0.1) is 0 Å². The van der Waals surface area contributed by atoms with Gasteiger partial charge in [-0.1, -0.05) is 0 Å². The van der Waals surface area contributed by atoms with Gasteiger partial charge in [-0.05, 0) is 83.1 Å². The first-order valence-electron chi connectivity index (χ1n) is 8.20. The van der Waals surface area contributed by atoms with E-state index in [1.165, 1.54) is 0 Å². The van der Waals surface area contributed by atoms with E-state index in [2.05, 4.69) is 93.6 Å². The lowest BCUT2D eigenvalue weighted by Crippen LogP contribution is -2.42. The van der Waals surface area contributed by atoms with Crippen LogP contribution in [0.2, 0.25) is 0 Å². The lowest BCUT2D eigenvalue weighted by molar-refractivity contribution is -0.581. The maximum Gasteiger partial charge on any atom is 0.277 e. The molecule has 0 atom stereocenters. The quantitative estimate of drug-likeness (QED) is 0.347. The van der Waals surface area contributed by atoms with Crippen LogP contribution >= 0.6 is 7.26 Å². The lowest BCUT2D eigenvalue weighted by atomic mass is 10.2. The summed E-state index contributed by atoms with van der Waals surface area (Å²) in [4.78, 5) is 0. The zero-order chi connectivity index (χ0) is 16.5. The Morgan fingerprint density at radius 1 is 0.700 bits per heavy atom. The van der Waals surface area contributed by atoms with Crippen molar-refractivity contribution in [3.8, 4) is 0 Å². The second-order valence-electron chi connectivity index (χ2n) is 8.96. The molecule has 0 amide bonds. The van der Waals surface area contributed by atoms with Crippen molar-refractivity contribution in [3.63, 3.8) is 0 Å². The minimum atomic E-state index is -1.30. The largest absolute Gasteiger partial charge is 0.277 e. The van der Waals surface area contributed by atoms with Gasteiger partial charge in [0, 0.05) is 0 Å². The molecule has 0 N–H and O–H groups in total. The van der Waals surface area contributed by atoms with Crippen LogP contribution in [0.4, 0.5) is 0 Å². The molecule has 1 nitrogen and oxygen atoms in total. The van der Waals surface area contributed by atoms with E-state index >= 15 is 0 Å². The molecule has 0 fully saturated rings. The van der Waals surface area contributed by atoms with Gasteiger partial charge in [0.25, 0.3) is 5.96 Å². The van der Waals surface area contributed by atoms with Crippen LogP contribution in [-0.2, 0) is 0 Å². The third kappa shape index (κ3) is 3.85. The predicted molar refractivity (Wildman–Crippen MR) is 98.2 cm³/mol. The number of hydrogen-bond acceptors (Lipinski definition) is 0. The topological polar surface area (TPSA) is 3.01 Å². The Hall–Kier alpha value is 0.100. The van der Waals surface area contributed by atoms with Gasteiger partial charge in [0.15, 0.2) is 12.1 Å². The van der Waals surface area contributed by atoms with Crippen LogP contribution < -0.4 is 0 Å². The molecule has 0 spiro atoms. The van der Waals surface area contributed by atoms with E-state index in [1.807, 2.05) is 0 Å². The van der Waals surface area contributed by atoms with Crippen LogP contribution in [-0.4, -0.2) is 38.6 Å². The van der Waals surface area contributed by atoms with Crippen LogP contribution in [0.1, 0.15) is 83.1 Å². The second kappa shape index (κ2) is 6.47. The average molecular weight is 301 g/mol. The summed E-state index contributed by atoms with van der Waals surface area (Å²) in [6.07, 6.45) is 0. The molecule has 0 unspecified atom stereocenters. The SMILES string of the molecule is CC(C)[N+](=C[P+](C(C)C)(C(C)(C)C)C(C)(C)C)C(C)C. The van der Waals surface area contributed by atoms with Crippen LogP contribution in [0.25, 0.3) is 0 Å². The fraction of sp³-hybridized carbons (Fsp3) is 0.944. The van der Waals surface area contributed by atoms with Crippen LogP contribution in [0.3, 0.4) is 0 Å². The summed E-state index contributed by atoms with van der Waals surface area (Å²) >= 11 is 0. The zero-order valence-corrected chi connectivity index (χ0v) is 17.1. The van der Waals surface area contributed by atoms with Gasteiger partial charge in [-0.25, -0.2) is 4.58 Å². The number of rotatable bonds is 4. The summed E-state index contributed by atoms with van der Waals surface area (Å²) in [6, 6.07) is 1.13. The maximum atomic E-state index is 2.69. The van der Waals surface area contributed by atoms with E-state index in [9.17, 15) is 0 Å². The van der Waals surface area contributed by atoms with E-state index in [-0.39, 0.29) is 0 Å². The highest BCUT2D eigenvalue weighted by Gasteiger charge is 2.62. The smallest absolute Gasteiger partial charge is 0.203 e. The monoisotopic (exact) mass is 301 g/mol. The van der Waals surface area contributed by atoms with Gasteiger partial charge in [-0.2, -0.15) is 0 Å². The Morgan fingerprint density at radius 2 is 1.00 bits per heavy atom. The van der Waals surface area contributed by atoms with E-state index in [0.717, 1.165) is 0 Å². The van der Waals surface area contributed by atoms with Gasteiger partial charge < -0.3 is 0 Å². The van der Waals surface area contributed by atoms with E-state index in [0.29, 0.717) is 28.1 Å². The standard InChI is InChI=1S/C18H40NP/c1-14(2)19(15(3)4)13-20(16(5)6,17(7,8)9)18(10,11)12/h13-16H,1-12H3/q+2. The Balaban J connectivity index is 6.36. The highest BCUT2D eigenvalue weighted by atomic mass is 31.2. The molecule has 0 aliphatic carbocycles. The third-order valence-electron chi connectivity index (χ3n) is 4.54. The first-order valence-corrected chi connectivity index (χ1v) is 10.1. The van der Waals surface area contributed by atoms with Crippen molar-refractivity contribution < 1.29 is 4.58 Å². The summed E-state index contributed by atoms with van der Waals surface area (Å²) in [5, 5.41) is 0.670. The Kier molecular flexibility index (Phi) is 6.50. The first-order chi connectivity index (χ1) is 8.68. The van der Waals surface area contributed by atoms with Crippen molar-refractivity contribution in [2.24, 2.45) is 0 Å². The van der Waals surface area contributed by atoms with Crippen molar-refractivity contribution >= 4 is 13.2 Å². The first kappa shape index (κ1) is 20.1. The summed E-state index contributed by atoms with van der Waals surface area (Å²) in [5.74, 6) is 2.69. The van der Waals surface area contributed by atoms with E-state index in [1.54, 1.807) is 0 Å². The summed E-state index contributed by atoms with van der Waals surface area (Å²) < 4.78 is 2.60. The molecule has 20 heavy (non-hydrogen) atoms. The molecule has 0 aliphatic heterocycles. The molecule has 0 radical (unpaired) electrons. The molecule has 0 rings (SSSR count). The maximum absolute atomic E-state index is 2.69. The minimum absolute atomic E-state index is 0.335. The molecule has 0 aliphatic rings. The fourth-order valence-electron chi connectivity index (χ4n) is 4.11. The van der Waals surface area contributed by atoms with Gasteiger partial charge in [0.05, 0.1) is 16.0 Å². The molecule has 2 heteroatoms. The van der Waals surface area contributed by atoms with Crippen LogP contribution in [0, 0.1) is 0 Å². The van der Waals surface area contributed by atoms with Crippen LogP contribution in [0.5, 0.6) is 0 Å². The van der Waals surface area contributed by atoms with Gasteiger partial charge >= 0.3 is 0 Å². The Morgan fingerprint density at radius 3 is 1.15 bits per heavy atom. The summed E-state index contributed by atoms with van der Waals surface area (Å²) in [6.45, 7) is 28.8.